The summed E-state index contributed by atoms with van der Waals surface area (Å²) in [5.41, 5.74) is 6.44. The number of hydrogen-bond donors (Lipinski definition) is 1. The van der Waals surface area contributed by atoms with Crippen LogP contribution in [0.3, 0.4) is 0 Å². The molecule has 0 saturated carbocycles. The van der Waals surface area contributed by atoms with Crippen LogP contribution in [0.2, 0.25) is 0 Å². The first-order valence-electron chi connectivity index (χ1n) is 7.85. The summed E-state index contributed by atoms with van der Waals surface area (Å²) in [5, 5.41) is 14.2. The molecule has 0 amide bonds. The second kappa shape index (κ2) is 5.32. The molecule has 3 aromatic rings. The predicted molar refractivity (Wildman–Crippen MR) is 87.9 cm³/mol. The van der Waals surface area contributed by atoms with Crippen molar-refractivity contribution in [1.29, 1.82) is 0 Å². The Bertz CT molecular complexity index is 883. The molecule has 1 aliphatic carbocycles. The number of hydrogen-bond acceptors (Lipinski definition) is 4. The zero-order chi connectivity index (χ0) is 16.0. The molecule has 0 aliphatic heterocycles. The Hall–Kier alpha value is -2.46. The van der Waals surface area contributed by atoms with Crippen LogP contribution in [-0.4, -0.2) is 15.2 Å². The number of aryl methyl sites for hydroxylation is 2. The highest BCUT2D eigenvalue weighted by Crippen LogP contribution is 2.37. The fourth-order valence-corrected chi connectivity index (χ4v) is 3.17. The molecule has 1 aromatic heterocycles. The number of aliphatic hydroxyl groups is 1. The van der Waals surface area contributed by atoms with Gasteiger partial charge in [0.05, 0.1) is 6.10 Å². The summed E-state index contributed by atoms with van der Waals surface area (Å²) >= 11 is 0. The third kappa shape index (κ3) is 2.35. The summed E-state index contributed by atoms with van der Waals surface area (Å²) in [5.74, 6) is 1.11. The zero-order valence-electron chi connectivity index (χ0n) is 13.2. The summed E-state index contributed by atoms with van der Waals surface area (Å²) in [4.78, 5) is 4.56. The van der Waals surface area contributed by atoms with Gasteiger partial charge in [0.1, 0.15) is 0 Å². The minimum Gasteiger partial charge on any atom is -0.388 e. The van der Waals surface area contributed by atoms with Crippen LogP contribution < -0.4 is 0 Å². The molecule has 0 fully saturated rings. The molecule has 2 aromatic carbocycles. The van der Waals surface area contributed by atoms with Gasteiger partial charge in [0, 0.05) is 11.1 Å². The lowest BCUT2D eigenvalue weighted by Crippen LogP contribution is -1.92. The summed E-state index contributed by atoms with van der Waals surface area (Å²) < 4.78 is 5.46. The summed E-state index contributed by atoms with van der Waals surface area (Å²) in [6.07, 6.45) is 1.23. The Balaban J connectivity index is 1.76. The summed E-state index contributed by atoms with van der Waals surface area (Å²) in [6.45, 7) is 4.15. The first-order valence-corrected chi connectivity index (χ1v) is 7.85. The van der Waals surface area contributed by atoms with Gasteiger partial charge in [-0.3, -0.25) is 0 Å². The lowest BCUT2D eigenvalue weighted by molar-refractivity contribution is 0.180. The topological polar surface area (TPSA) is 59.2 Å². The lowest BCUT2D eigenvalue weighted by Gasteiger charge is -2.05. The molecule has 23 heavy (non-hydrogen) atoms. The van der Waals surface area contributed by atoms with Crippen LogP contribution >= 0.6 is 0 Å². The molecule has 0 spiro atoms. The molecule has 1 aliphatic rings. The van der Waals surface area contributed by atoms with Gasteiger partial charge in [0.15, 0.2) is 0 Å². The molecule has 1 atom stereocenters. The van der Waals surface area contributed by atoms with E-state index >= 15 is 0 Å². The Kier molecular flexibility index (Phi) is 3.27. The Morgan fingerprint density at radius 2 is 2.00 bits per heavy atom. The lowest BCUT2D eigenvalue weighted by atomic mass is 10.0. The molecule has 1 unspecified atom stereocenters. The van der Waals surface area contributed by atoms with E-state index < -0.39 is 0 Å². The van der Waals surface area contributed by atoms with Crippen molar-refractivity contribution >= 4 is 0 Å². The number of aliphatic hydroxyl groups excluding tert-OH is 1. The van der Waals surface area contributed by atoms with Gasteiger partial charge in [-0.15, -0.1) is 0 Å². The molecular weight excluding hydrogens is 288 g/mol. The smallest absolute Gasteiger partial charge is 0.258 e. The Morgan fingerprint density at radius 3 is 2.83 bits per heavy atom. The maximum atomic E-state index is 10.0. The van der Waals surface area contributed by atoms with Crippen LogP contribution in [0.4, 0.5) is 0 Å². The van der Waals surface area contributed by atoms with Crippen molar-refractivity contribution in [1.82, 2.24) is 10.1 Å². The minimum absolute atomic E-state index is 0.379. The highest BCUT2D eigenvalue weighted by molar-refractivity contribution is 5.66. The molecular formula is C19H18N2O2. The molecule has 0 saturated heterocycles. The molecule has 4 nitrogen and oxygen atoms in total. The van der Waals surface area contributed by atoms with Crippen LogP contribution in [0.1, 0.15) is 34.8 Å². The van der Waals surface area contributed by atoms with E-state index in [2.05, 4.69) is 36.1 Å². The van der Waals surface area contributed by atoms with Crippen LogP contribution in [0.5, 0.6) is 0 Å². The van der Waals surface area contributed by atoms with E-state index in [1.54, 1.807) is 0 Å². The van der Waals surface area contributed by atoms with Gasteiger partial charge in [0.25, 0.3) is 5.89 Å². The molecule has 0 bridgehead atoms. The standard InChI is InChI=1S/C19H18N2O2/c1-11-6-7-13(10-12(11)2)19-20-18(21-23-19)16-5-3-4-15-14(16)8-9-17(15)22/h3-7,10,17,22H,8-9H2,1-2H3. The van der Waals surface area contributed by atoms with E-state index in [0.717, 1.165) is 35.1 Å². The summed E-state index contributed by atoms with van der Waals surface area (Å²) in [7, 11) is 0. The van der Waals surface area contributed by atoms with Gasteiger partial charge in [-0.1, -0.05) is 29.4 Å². The van der Waals surface area contributed by atoms with E-state index in [0.29, 0.717) is 11.7 Å². The van der Waals surface area contributed by atoms with Crippen LogP contribution in [-0.2, 0) is 6.42 Å². The van der Waals surface area contributed by atoms with E-state index in [4.69, 9.17) is 4.52 Å². The van der Waals surface area contributed by atoms with Crippen molar-refractivity contribution in [2.24, 2.45) is 0 Å². The van der Waals surface area contributed by atoms with Crippen molar-refractivity contribution in [3.63, 3.8) is 0 Å². The minimum atomic E-state index is -0.379. The average molecular weight is 306 g/mol. The number of nitrogens with zero attached hydrogens (tertiary/aromatic N) is 2. The van der Waals surface area contributed by atoms with Crippen molar-refractivity contribution in [2.75, 3.05) is 0 Å². The van der Waals surface area contributed by atoms with Crippen molar-refractivity contribution in [3.05, 3.63) is 58.7 Å². The SMILES string of the molecule is Cc1ccc(-c2nc(-c3cccc4c3CCC4O)no2)cc1C. The highest BCUT2D eigenvalue weighted by atomic mass is 16.5. The monoisotopic (exact) mass is 306 g/mol. The van der Waals surface area contributed by atoms with Crippen molar-refractivity contribution in [2.45, 2.75) is 32.8 Å². The zero-order valence-corrected chi connectivity index (χ0v) is 13.2. The van der Waals surface area contributed by atoms with Crippen LogP contribution in [0, 0.1) is 13.8 Å². The Labute approximate surface area is 134 Å². The second-order valence-corrected chi connectivity index (χ2v) is 6.15. The van der Waals surface area contributed by atoms with Gasteiger partial charge >= 0.3 is 0 Å². The molecule has 0 radical (unpaired) electrons. The van der Waals surface area contributed by atoms with Gasteiger partial charge in [-0.2, -0.15) is 4.98 Å². The number of rotatable bonds is 2. The maximum Gasteiger partial charge on any atom is 0.258 e. The summed E-state index contributed by atoms with van der Waals surface area (Å²) in [6, 6.07) is 12.0. The normalized spacial score (nSPS) is 16.6. The molecule has 1 N–H and O–H groups in total. The van der Waals surface area contributed by atoms with E-state index in [-0.39, 0.29) is 6.10 Å². The molecule has 116 valence electrons. The van der Waals surface area contributed by atoms with Gasteiger partial charge in [-0.25, -0.2) is 0 Å². The van der Waals surface area contributed by atoms with Gasteiger partial charge in [-0.05, 0) is 61.1 Å². The number of aromatic nitrogens is 2. The molecule has 4 heteroatoms. The Morgan fingerprint density at radius 1 is 1.13 bits per heavy atom. The van der Waals surface area contributed by atoms with Crippen LogP contribution in [0.25, 0.3) is 22.8 Å². The first kappa shape index (κ1) is 14.2. The molecule has 4 rings (SSSR count). The fraction of sp³-hybridized carbons (Fsp3) is 0.263. The largest absolute Gasteiger partial charge is 0.388 e. The van der Waals surface area contributed by atoms with E-state index in [9.17, 15) is 5.11 Å². The molecule has 1 heterocycles. The number of fused-ring (bicyclic) bond motifs is 1. The van der Waals surface area contributed by atoms with Crippen molar-refractivity contribution in [3.8, 4) is 22.8 Å². The predicted octanol–water partition coefficient (Wildman–Crippen LogP) is 4.00. The first-order chi connectivity index (χ1) is 11.1. The van der Waals surface area contributed by atoms with Crippen molar-refractivity contribution < 1.29 is 9.63 Å². The van der Waals surface area contributed by atoms with E-state index in [1.807, 2.05) is 24.3 Å². The number of benzene rings is 2. The quantitative estimate of drug-likeness (QED) is 0.777. The third-order valence-electron chi connectivity index (χ3n) is 4.66. The second-order valence-electron chi connectivity index (χ2n) is 6.15. The fourth-order valence-electron chi connectivity index (χ4n) is 3.17. The van der Waals surface area contributed by atoms with Crippen LogP contribution in [0.15, 0.2) is 40.9 Å². The third-order valence-corrected chi connectivity index (χ3v) is 4.66. The van der Waals surface area contributed by atoms with Gasteiger partial charge < -0.3 is 9.63 Å². The maximum absolute atomic E-state index is 10.0. The van der Waals surface area contributed by atoms with E-state index in [1.165, 1.54) is 11.1 Å². The highest BCUT2D eigenvalue weighted by Gasteiger charge is 2.24. The average Bonchev–Trinajstić information content (AvgIpc) is 3.18. The van der Waals surface area contributed by atoms with Gasteiger partial charge in [0.2, 0.25) is 5.82 Å².